The zero-order valence-electron chi connectivity index (χ0n) is 15.8. The van der Waals surface area contributed by atoms with Gasteiger partial charge in [0.05, 0.1) is 6.61 Å². The zero-order valence-corrected chi connectivity index (χ0v) is 16.6. The molecule has 2 aromatic carbocycles. The number of carbonyl (C=O) groups excluding carboxylic acids is 1. The molecule has 3 rings (SSSR count). The summed E-state index contributed by atoms with van der Waals surface area (Å²) in [5.74, 6) is 1.56. The molecular formula is C20H23ClN4O3. The first-order chi connectivity index (χ1) is 13.0. The Balaban J connectivity index is 0.00000280. The molecule has 28 heavy (non-hydrogen) atoms. The van der Waals surface area contributed by atoms with Gasteiger partial charge in [-0.05, 0) is 55.8 Å². The first-order valence-corrected chi connectivity index (χ1v) is 8.77. The molecule has 0 aliphatic rings. The maximum absolute atomic E-state index is 12.2. The van der Waals surface area contributed by atoms with Crippen LogP contribution in [-0.2, 0) is 11.2 Å². The Morgan fingerprint density at radius 1 is 1.21 bits per heavy atom. The second-order valence-corrected chi connectivity index (χ2v) is 6.09. The molecule has 1 amide bonds. The van der Waals surface area contributed by atoms with Crippen molar-refractivity contribution in [3.63, 3.8) is 0 Å². The molecule has 1 aromatic heterocycles. The van der Waals surface area contributed by atoms with Gasteiger partial charge in [0.25, 0.3) is 0 Å². The molecule has 3 aromatic rings. The normalized spacial score (nSPS) is 10.2. The van der Waals surface area contributed by atoms with Crippen LogP contribution < -0.4 is 15.8 Å². The lowest BCUT2D eigenvalue weighted by Crippen LogP contribution is -2.13. The van der Waals surface area contributed by atoms with Crippen molar-refractivity contribution in [3.8, 4) is 17.1 Å². The Morgan fingerprint density at radius 2 is 1.96 bits per heavy atom. The van der Waals surface area contributed by atoms with Crippen LogP contribution in [0.25, 0.3) is 11.4 Å². The highest BCUT2D eigenvalue weighted by atomic mass is 35.5. The largest absolute Gasteiger partial charge is 0.494 e. The summed E-state index contributed by atoms with van der Waals surface area (Å²) < 4.78 is 10.7. The summed E-state index contributed by atoms with van der Waals surface area (Å²) in [6, 6.07) is 12.9. The molecule has 0 bridgehead atoms. The molecule has 3 N–H and O–H groups in total. The number of halogens is 1. The molecule has 0 radical (unpaired) electrons. The molecule has 0 aliphatic heterocycles. The lowest BCUT2D eigenvalue weighted by molar-refractivity contribution is -0.116. The van der Waals surface area contributed by atoms with Gasteiger partial charge in [0.1, 0.15) is 5.75 Å². The van der Waals surface area contributed by atoms with E-state index in [1.807, 2.05) is 44.2 Å². The van der Waals surface area contributed by atoms with Crippen LogP contribution >= 0.6 is 12.4 Å². The number of carbonyl (C=O) groups is 1. The third-order valence-electron chi connectivity index (χ3n) is 3.99. The second kappa shape index (κ2) is 9.75. The Labute approximate surface area is 169 Å². The monoisotopic (exact) mass is 402 g/mol. The van der Waals surface area contributed by atoms with E-state index in [4.69, 9.17) is 15.0 Å². The predicted molar refractivity (Wildman–Crippen MR) is 111 cm³/mol. The number of anilines is 2. The first-order valence-electron chi connectivity index (χ1n) is 8.77. The number of rotatable bonds is 7. The van der Waals surface area contributed by atoms with Gasteiger partial charge in [0, 0.05) is 29.8 Å². The molecular weight excluding hydrogens is 380 g/mol. The number of nitrogens with two attached hydrogens (primary N) is 1. The quantitative estimate of drug-likeness (QED) is 0.578. The first kappa shape index (κ1) is 21.2. The molecule has 0 aliphatic carbocycles. The van der Waals surface area contributed by atoms with Crippen LogP contribution in [-0.4, -0.2) is 22.7 Å². The van der Waals surface area contributed by atoms with Crippen LogP contribution in [0.1, 0.15) is 24.8 Å². The average Bonchev–Trinajstić information content (AvgIpc) is 3.13. The van der Waals surface area contributed by atoms with Crippen LogP contribution in [0.5, 0.6) is 5.75 Å². The fourth-order valence-electron chi connectivity index (χ4n) is 2.55. The Hall–Kier alpha value is -3.06. The number of amides is 1. The van der Waals surface area contributed by atoms with Crippen LogP contribution in [0, 0.1) is 6.92 Å². The van der Waals surface area contributed by atoms with Gasteiger partial charge in [-0.15, -0.1) is 12.4 Å². The number of aryl methyl sites for hydroxylation is 2. The van der Waals surface area contributed by atoms with Gasteiger partial charge < -0.3 is 20.3 Å². The van der Waals surface area contributed by atoms with Crippen molar-refractivity contribution < 1.29 is 14.1 Å². The van der Waals surface area contributed by atoms with Gasteiger partial charge in [0.2, 0.25) is 17.6 Å². The van der Waals surface area contributed by atoms with E-state index in [0.717, 1.165) is 16.9 Å². The zero-order chi connectivity index (χ0) is 19.2. The number of nitrogens with zero attached hydrogens (tertiary/aromatic N) is 2. The minimum Gasteiger partial charge on any atom is -0.494 e. The highest BCUT2D eigenvalue weighted by Crippen LogP contribution is 2.21. The van der Waals surface area contributed by atoms with Crippen LogP contribution in [0.3, 0.4) is 0 Å². The van der Waals surface area contributed by atoms with Gasteiger partial charge in [-0.25, -0.2) is 0 Å². The van der Waals surface area contributed by atoms with E-state index < -0.39 is 0 Å². The Bertz CT molecular complexity index is 925. The van der Waals surface area contributed by atoms with Crippen molar-refractivity contribution in [1.82, 2.24) is 10.1 Å². The van der Waals surface area contributed by atoms with Gasteiger partial charge in [-0.3, -0.25) is 4.79 Å². The third kappa shape index (κ3) is 5.47. The summed E-state index contributed by atoms with van der Waals surface area (Å²) in [5, 5.41) is 6.83. The lowest BCUT2D eigenvalue weighted by Gasteiger charge is -2.08. The number of benzene rings is 2. The summed E-state index contributed by atoms with van der Waals surface area (Å²) in [7, 11) is 0. The van der Waals surface area contributed by atoms with Crippen molar-refractivity contribution in [3.05, 3.63) is 53.9 Å². The minimum atomic E-state index is -0.135. The second-order valence-electron chi connectivity index (χ2n) is 6.09. The summed E-state index contributed by atoms with van der Waals surface area (Å²) in [4.78, 5) is 16.5. The maximum Gasteiger partial charge on any atom is 0.227 e. The Kier molecular flexibility index (Phi) is 7.40. The van der Waals surface area contributed by atoms with Crippen LogP contribution in [0.2, 0.25) is 0 Å². The van der Waals surface area contributed by atoms with E-state index in [9.17, 15) is 4.79 Å². The van der Waals surface area contributed by atoms with Crippen LogP contribution in [0.15, 0.2) is 47.0 Å². The molecule has 0 fully saturated rings. The van der Waals surface area contributed by atoms with Crippen molar-refractivity contribution in [2.45, 2.75) is 26.7 Å². The van der Waals surface area contributed by atoms with Crippen LogP contribution in [0.4, 0.5) is 11.4 Å². The van der Waals surface area contributed by atoms with Gasteiger partial charge in [0.15, 0.2) is 0 Å². The van der Waals surface area contributed by atoms with Crippen molar-refractivity contribution in [1.29, 1.82) is 0 Å². The molecule has 148 valence electrons. The van der Waals surface area contributed by atoms with Crippen molar-refractivity contribution in [2.24, 2.45) is 0 Å². The number of nitrogen functional groups attached to an aromatic ring is 1. The summed E-state index contributed by atoms with van der Waals surface area (Å²) in [5.41, 5.74) is 8.85. The van der Waals surface area contributed by atoms with E-state index >= 15 is 0 Å². The number of hydrogen-bond donors (Lipinski definition) is 2. The molecule has 0 saturated heterocycles. The van der Waals surface area contributed by atoms with E-state index in [-0.39, 0.29) is 24.7 Å². The molecule has 0 spiro atoms. The number of hydrogen-bond acceptors (Lipinski definition) is 6. The molecule has 0 atom stereocenters. The number of ether oxygens (including phenoxy) is 1. The van der Waals surface area contributed by atoms with Gasteiger partial charge >= 0.3 is 0 Å². The van der Waals surface area contributed by atoms with Gasteiger partial charge in [-0.1, -0.05) is 11.2 Å². The fourth-order valence-corrected chi connectivity index (χ4v) is 2.55. The summed E-state index contributed by atoms with van der Waals surface area (Å²) in [6.45, 7) is 4.46. The molecule has 1 heterocycles. The standard InChI is InChI=1S/C20H22N4O3.ClH/c1-3-26-16-8-5-14(6-9-16)20-23-19(27-24-20)11-10-18(25)22-17-12-15(21)7-4-13(17)2;/h4-9,12H,3,10-11,21H2,1-2H3,(H,22,25);1H. The van der Waals surface area contributed by atoms with E-state index in [0.29, 0.717) is 36.1 Å². The van der Waals surface area contributed by atoms with Gasteiger partial charge in [-0.2, -0.15) is 4.98 Å². The molecule has 0 unspecified atom stereocenters. The maximum atomic E-state index is 12.2. The van der Waals surface area contributed by atoms with E-state index in [2.05, 4.69) is 15.5 Å². The number of aromatic nitrogens is 2. The average molecular weight is 403 g/mol. The predicted octanol–water partition coefficient (Wildman–Crippen LogP) is 4.02. The summed E-state index contributed by atoms with van der Waals surface area (Å²) >= 11 is 0. The SMILES string of the molecule is CCOc1ccc(-c2noc(CCC(=O)Nc3cc(N)ccc3C)n2)cc1.Cl. The highest BCUT2D eigenvalue weighted by molar-refractivity contribution is 5.92. The fraction of sp³-hybridized carbons (Fsp3) is 0.250. The minimum absolute atomic E-state index is 0. The lowest BCUT2D eigenvalue weighted by atomic mass is 10.1. The number of nitrogens with one attached hydrogen (secondary N) is 1. The molecule has 0 saturated carbocycles. The molecule has 8 heteroatoms. The van der Waals surface area contributed by atoms with Crippen molar-refractivity contribution in [2.75, 3.05) is 17.7 Å². The smallest absolute Gasteiger partial charge is 0.227 e. The van der Waals surface area contributed by atoms with E-state index in [1.165, 1.54) is 0 Å². The third-order valence-corrected chi connectivity index (χ3v) is 3.99. The molecule has 7 nitrogen and oxygen atoms in total. The summed E-state index contributed by atoms with van der Waals surface area (Å²) in [6.07, 6.45) is 0.594. The topological polar surface area (TPSA) is 103 Å². The highest BCUT2D eigenvalue weighted by Gasteiger charge is 2.12. The van der Waals surface area contributed by atoms with Crippen molar-refractivity contribution >= 4 is 29.7 Å². The Morgan fingerprint density at radius 3 is 2.68 bits per heavy atom. The van der Waals surface area contributed by atoms with E-state index in [1.54, 1.807) is 12.1 Å².